The Labute approximate surface area is 181 Å². The van der Waals surface area contributed by atoms with Gasteiger partial charge < -0.3 is 15.4 Å². The maximum atomic E-state index is 13.1. The van der Waals surface area contributed by atoms with E-state index in [0.29, 0.717) is 25.4 Å². The summed E-state index contributed by atoms with van der Waals surface area (Å²) in [5, 5.41) is 17.8. The van der Waals surface area contributed by atoms with E-state index in [2.05, 4.69) is 15.5 Å². The summed E-state index contributed by atoms with van der Waals surface area (Å²) in [6.45, 7) is 5.65. The van der Waals surface area contributed by atoms with E-state index in [9.17, 15) is 14.9 Å². The number of hydrogen-bond donors (Lipinski definition) is 2. The minimum absolute atomic E-state index is 0.0698. The first-order valence-corrected chi connectivity index (χ1v) is 10.7. The van der Waals surface area contributed by atoms with Gasteiger partial charge in [0.15, 0.2) is 0 Å². The van der Waals surface area contributed by atoms with E-state index in [1.807, 2.05) is 31.2 Å². The Balaban J connectivity index is 1.53. The van der Waals surface area contributed by atoms with E-state index in [4.69, 9.17) is 4.74 Å². The molecule has 1 atom stereocenters. The molecule has 8 heteroatoms. The van der Waals surface area contributed by atoms with E-state index in [-0.39, 0.29) is 29.2 Å². The Morgan fingerprint density at radius 3 is 2.55 bits per heavy atom. The van der Waals surface area contributed by atoms with Crippen molar-refractivity contribution in [1.29, 1.82) is 0 Å². The van der Waals surface area contributed by atoms with E-state index >= 15 is 0 Å². The largest absolute Gasteiger partial charge is 0.379 e. The lowest BCUT2D eigenvalue weighted by Crippen LogP contribution is -2.43. The summed E-state index contributed by atoms with van der Waals surface area (Å²) in [4.78, 5) is 26.4. The van der Waals surface area contributed by atoms with Gasteiger partial charge in [0.05, 0.1) is 24.2 Å². The summed E-state index contributed by atoms with van der Waals surface area (Å²) in [6, 6.07) is 12.8. The van der Waals surface area contributed by atoms with Crippen molar-refractivity contribution < 1.29 is 14.5 Å². The zero-order chi connectivity index (χ0) is 21.8. The van der Waals surface area contributed by atoms with Crippen LogP contribution in [0.25, 0.3) is 0 Å². The maximum absolute atomic E-state index is 13.1. The van der Waals surface area contributed by atoms with Gasteiger partial charge in [0.25, 0.3) is 11.6 Å². The number of anilines is 1. The molecule has 0 aromatic heterocycles. The number of nitro groups is 1. The summed E-state index contributed by atoms with van der Waals surface area (Å²) in [6.07, 6.45) is 2.03. The predicted molar refractivity (Wildman–Crippen MR) is 118 cm³/mol. The molecule has 1 saturated carbocycles. The number of carbonyl (C=O) groups excluding carboxylic acids is 1. The second-order valence-electron chi connectivity index (χ2n) is 8.26. The highest BCUT2D eigenvalue weighted by atomic mass is 16.6. The number of carbonyl (C=O) groups is 1. The molecule has 1 aliphatic heterocycles. The Bertz CT molecular complexity index is 937. The third kappa shape index (κ3) is 5.59. The first-order valence-electron chi connectivity index (χ1n) is 10.7. The number of aryl methyl sites for hydroxylation is 1. The van der Waals surface area contributed by atoms with E-state index < -0.39 is 4.92 Å². The fourth-order valence-electron chi connectivity index (χ4n) is 3.71. The SMILES string of the molecule is Cc1ccc([C@@H](CN2CCOCC2)NC(=O)c2ccc(NC3CC3)c([N+](=O)[O-])c2)cc1. The number of morpholine rings is 1. The van der Waals surface area contributed by atoms with E-state index in [0.717, 1.165) is 37.1 Å². The smallest absolute Gasteiger partial charge is 0.293 e. The molecule has 164 valence electrons. The third-order valence-corrected chi connectivity index (χ3v) is 5.72. The van der Waals surface area contributed by atoms with Gasteiger partial charge in [0.1, 0.15) is 5.69 Å². The first-order chi connectivity index (χ1) is 15.0. The lowest BCUT2D eigenvalue weighted by Gasteiger charge is -2.31. The van der Waals surface area contributed by atoms with Crippen molar-refractivity contribution in [2.24, 2.45) is 0 Å². The molecule has 0 bridgehead atoms. The van der Waals surface area contributed by atoms with Gasteiger partial charge in [-0.25, -0.2) is 0 Å². The highest BCUT2D eigenvalue weighted by molar-refractivity contribution is 5.96. The van der Waals surface area contributed by atoms with Crippen LogP contribution in [0.3, 0.4) is 0 Å². The summed E-state index contributed by atoms with van der Waals surface area (Å²) >= 11 is 0. The summed E-state index contributed by atoms with van der Waals surface area (Å²) in [7, 11) is 0. The topological polar surface area (TPSA) is 96.7 Å². The van der Waals surface area contributed by atoms with Crippen LogP contribution in [0.4, 0.5) is 11.4 Å². The summed E-state index contributed by atoms with van der Waals surface area (Å²) in [5.41, 5.74) is 2.83. The molecular weight excluding hydrogens is 396 g/mol. The molecule has 0 radical (unpaired) electrons. The second kappa shape index (κ2) is 9.45. The molecule has 2 aromatic rings. The van der Waals surface area contributed by atoms with E-state index in [1.165, 1.54) is 6.07 Å². The Morgan fingerprint density at radius 1 is 1.19 bits per heavy atom. The van der Waals surface area contributed by atoms with Gasteiger partial charge in [-0.15, -0.1) is 0 Å². The van der Waals surface area contributed by atoms with Crippen molar-refractivity contribution in [3.63, 3.8) is 0 Å². The fraction of sp³-hybridized carbons (Fsp3) is 0.435. The molecular formula is C23H28N4O4. The number of hydrogen-bond acceptors (Lipinski definition) is 6. The van der Waals surface area contributed by atoms with E-state index in [1.54, 1.807) is 12.1 Å². The predicted octanol–water partition coefficient (Wildman–Crippen LogP) is 3.28. The van der Waals surface area contributed by atoms with Gasteiger partial charge in [0.2, 0.25) is 0 Å². The van der Waals surface area contributed by atoms with Gasteiger partial charge in [-0.05, 0) is 37.5 Å². The van der Waals surface area contributed by atoms with Crippen LogP contribution in [-0.4, -0.2) is 54.6 Å². The Kier molecular flexibility index (Phi) is 6.48. The van der Waals surface area contributed by atoms with Crippen molar-refractivity contribution >= 4 is 17.3 Å². The van der Waals surface area contributed by atoms with Crippen LogP contribution in [-0.2, 0) is 4.74 Å². The van der Waals surface area contributed by atoms with Crippen LogP contribution in [0.1, 0.15) is 40.4 Å². The van der Waals surface area contributed by atoms with Crippen molar-refractivity contribution in [2.45, 2.75) is 31.8 Å². The molecule has 31 heavy (non-hydrogen) atoms. The maximum Gasteiger partial charge on any atom is 0.293 e. The van der Waals surface area contributed by atoms with Crippen molar-refractivity contribution in [2.75, 3.05) is 38.2 Å². The van der Waals surface area contributed by atoms with Crippen molar-refractivity contribution in [3.05, 3.63) is 69.3 Å². The molecule has 4 rings (SSSR count). The van der Waals surface area contributed by atoms with Crippen molar-refractivity contribution in [3.8, 4) is 0 Å². The molecule has 2 aromatic carbocycles. The average molecular weight is 425 g/mol. The van der Waals surface area contributed by atoms with Gasteiger partial charge in [-0.1, -0.05) is 29.8 Å². The quantitative estimate of drug-likeness (QED) is 0.499. The van der Waals surface area contributed by atoms with Gasteiger partial charge >= 0.3 is 0 Å². The number of nitrogens with one attached hydrogen (secondary N) is 2. The molecule has 0 unspecified atom stereocenters. The number of nitrogens with zero attached hydrogens (tertiary/aromatic N) is 2. The number of rotatable bonds is 8. The normalized spacial score (nSPS) is 17.7. The Morgan fingerprint density at radius 2 is 1.90 bits per heavy atom. The molecule has 2 aliphatic rings. The summed E-state index contributed by atoms with van der Waals surface area (Å²) < 4.78 is 5.43. The standard InChI is InChI=1S/C23H28N4O4/c1-16-2-4-17(5-3-16)21(15-26-10-12-31-13-11-26)25-23(28)18-6-9-20(24-19-7-8-19)22(14-18)27(29)30/h2-6,9,14,19,21,24H,7-8,10-13,15H2,1H3,(H,25,28)/t21-/m1/s1. The monoisotopic (exact) mass is 424 g/mol. The van der Waals surface area contributed by atoms with Crippen LogP contribution in [0.15, 0.2) is 42.5 Å². The zero-order valence-electron chi connectivity index (χ0n) is 17.7. The van der Waals surface area contributed by atoms with Gasteiger partial charge in [-0.3, -0.25) is 19.8 Å². The van der Waals surface area contributed by atoms with Crippen LogP contribution in [0.5, 0.6) is 0 Å². The molecule has 1 saturated heterocycles. The minimum atomic E-state index is -0.438. The minimum Gasteiger partial charge on any atom is -0.379 e. The Hall–Kier alpha value is -2.97. The number of benzene rings is 2. The summed E-state index contributed by atoms with van der Waals surface area (Å²) in [5.74, 6) is -0.320. The molecule has 2 fully saturated rings. The molecule has 1 amide bonds. The lowest BCUT2D eigenvalue weighted by molar-refractivity contribution is -0.384. The number of nitro benzene ring substituents is 1. The van der Waals surface area contributed by atoms with Gasteiger partial charge in [0, 0.05) is 37.3 Å². The number of amides is 1. The van der Waals surface area contributed by atoms with Crippen LogP contribution >= 0.6 is 0 Å². The van der Waals surface area contributed by atoms with Gasteiger partial charge in [-0.2, -0.15) is 0 Å². The molecule has 1 heterocycles. The molecule has 0 spiro atoms. The highest BCUT2D eigenvalue weighted by Crippen LogP contribution is 2.31. The average Bonchev–Trinajstić information content (AvgIpc) is 3.58. The van der Waals surface area contributed by atoms with Crippen LogP contribution in [0, 0.1) is 17.0 Å². The fourth-order valence-corrected chi connectivity index (χ4v) is 3.71. The molecule has 1 aliphatic carbocycles. The second-order valence-corrected chi connectivity index (χ2v) is 8.26. The molecule has 8 nitrogen and oxygen atoms in total. The highest BCUT2D eigenvalue weighted by Gasteiger charge is 2.26. The first kappa shape index (κ1) is 21.3. The van der Waals surface area contributed by atoms with Crippen molar-refractivity contribution in [1.82, 2.24) is 10.2 Å². The zero-order valence-corrected chi connectivity index (χ0v) is 17.7. The molecule has 2 N–H and O–H groups in total. The lowest BCUT2D eigenvalue weighted by atomic mass is 10.0. The van der Waals surface area contributed by atoms with Crippen LogP contribution in [0.2, 0.25) is 0 Å². The van der Waals surface area contributed by atoms with Crippen LogP contribution < -0.4 is 10.6 Å². The third-order valence-electron chi connectivity index (χ3n) is 5.72. The number of ether oxygens (including phenoxy) is 1.